The first-order valence-corrected chi connectivity index (χ1v) is 4.88. The Hall–Kier alpha value is -1.29. The fourth-order valence-corrected chi connectivity index (χ4v) is 1.61. The first-order valence-electron chi connectivity index (χ1n) is 4.88. The number of aryl methyl sites for hydroxylation is 1. The average molecular weight is 194 g/mol. The van der Waals surface area contributed by atoms with E-state index >= 15 is 0 Å². The number of carbonyl (C=O) groups excluding carboxylic acids is 1. The predicted octanol–water partition coefficient (Wildman–Crippen LogP) is 1.33. The monoisotopic (exact) mass is 194 g/mol. The van der Waals surface area contributed by atoms with Crippen LogP contribution in [0, 0.1) is 6.92 Å². The summed E-state index contributed by atoms with van der Waals surface area (Å²) >= 11 is 0. The van der Waals surface area contributed by atoms with Gasteiger partial charge >= 0.3 is 0 Å². The molecule has 0 bridgehead atoms. The Kier molecular flexibility index (Phi) is 2.54. The van der Waals surface area contributed by atoms with Gasteiger partial charge in [0.2, 0.25) is 0 Å². The molecular weight excluding hydrogens is 180 g/mol. The molecule has 0 unspecified atom stereocenters. The Balaban J connectivity index is 2.11. The van der Waals surface area contributed by atoms with Gasteiger partial charge in [-0.1, -0.05) is 0 Å². The van der Waals surface area contributed by atoms with Crippen LogP contribution >= 0.6 is 0 Å². The molecule has 2 heterocycles. The number of hydrazine groups is 1. The number of hydrogen-bond donors (Lipinski definition) is 1. The molecule has 0 radical (unpaired) electrons. The van der Waals surface area contributed by atoms with Gasteiger partial charge in [0, 0.05) is 13.1 Å². The molecule has 14 heavy (non-hydrogen) atoms. The van der Waals surface area contributed by atoms with Gasteiger partial charge in [-0.25, -0.2) is 5.43 Å². The molecule has 0 saturated carbocycles. The summed E-state index contributed by atoms with van der Waals surface area (Å²) in [6.45, 7) is 3.46. The molecule has 0 atom stereocenters. The van der Waals surface area contributed by atoms with Gasteiger partial charge in [-0.15, -0.1) is 0 Å². The number of carbonyl (C=O) groups is 1. The first-order chi connectivity index (χ1) is 6.79. The van der Waals surface area contributed by atoms with Crippen LogP contribution in [0.15, 0.2) is 16.7 Å². The fraction of sp³-hybridized carbons (Fsp3) is 0.500. The summed E-state index contributed by atoms with van der Waals surface area (Å²) in [6.07, 6.45) is 3.75. The molecule has 1 aromatic rings. The third-order valence-electron chi connectivity index (χ3n) is 2.45. The molecule has 1 saturated heterocycles. The molecule has 0 aromatic carbocycles. The Morgan fingerprint density at radius 3 is 3.00 bits per heavy atom. The summed E-state index contributed by atoms with van der Waals surface area (Å²) in [5, 5.41) is 1.67. The van der Waals surface area contributed by atoms with Crippen LogP contribution in [0.1, 0.15) is 29.0 Å². The van der Waals surface area contributed by atoms with Gasteiger partial charge in [-0.3, -0.25) is 9.80 Å². The van der Waals surface area contributed by atoms with Crippen molar-refractivity contribution in [1.29, 1.82) is 0 Å². The number of amides is 1. The van der Waals surface area contributed by atoms with E-state index in [2.05, 4.69) is 5.43 Å². The number of hydrogen-bond acceptors (Lipinski definition) is 3. The van der Waals surface area contributed by atoms with Crippen molar-refractivity contribution in [2.24, 2.45) is 0 Å². The SMILES string of the molecule is Cc1occc1C(=O)N1CCCCN1. The van der Waals surface area contributed by atoms with Crippen LogP contribution in [-0.4, -0.2) is 24.0 Å². The van der Waals surface area contributed by atoms with Crippen LogP contribution in [0.4, 0.5) is 0 Å². The van der Waals surface area contributed by atoms with Gasteiger partial charge < -0.3 is 4.42 Å². The third kappa shape index (κ3) is 1.65. The Morgan fingerprint density at radius 1 is 1.57 bits per heavy atom. The van der Waals surface area contributed by atoms with Gasteiger partial charge in [0.05, 0.1) is 11.8 Å². The lowest BCUT2D eigenvalue weighted by molar-refractivity contribution is 0.0609. The highest BCUT2D eigenvalue weighted by Gasteiger charge is 2.20. The highest BCUT2D eigenvalue weighted by atomic mass is 16.3. The van der Waals surface area contributed by atoms with Crippen LogP contribution in [0.2, 0.25) is 0 Å². The van der Waals surface area contributed by atoms with Crippen molar-refractivity contribution < 1.29 is 9.21 Å². The van der Waals surface area contributed by atoms with Crippen LogP contribution < -0.4 is 5.43 Å². The summed E-state index contributed by atoms with van der Waals surface area (Å²) in [5.74, 6) is 0.693. The Labute approximate surface area is 82.9 Å². The molecular formula is C10H14N2O2. The lowest BCUT2D eigenvalue weighted by Gasteiger charge is -2.27. The van der Waals surface area contributed by atoms with Crippen LogP contribution in [0.25, 0.3) is 0 Å². The van der Waals surface area contributed by atoms with E-state index in [4.69, 9.17) is 4.42 Å². The fourth-order valence-electron chi connectivity index (χ4n) is 1.61. The zero-order valence-corrected chi connectivity index (χ0v) is 8.25. The molecule has 1 amide bonds. The van der Waals surface area contributed by atoms with Crippen LogP contribution in [-0.2, 0) is 0 Å². The number of rotatable bonds is 1. The second-order valence-corrected chi connectivity index (χ2v) is 3.46. The van der Waals surface area contributed by atoms with E-state index in [-0.39, 0.29) is 5.91 Å². The van der Waals surface area contributed by atoms with E-state index in [1.165, 1.54) is 0 Å². The molecule has 1 fully saturated rings. The van der Waals surface area contributed by atoms with Crippen LogP contribution in [0.5, 0.6) is 0 Å². The van der Waals surface area contributed by atoms with E-state index in [0.29, 0.717) is 11.3 Å². The smallest absolute Gasteiger partial charge is 0.271 e. The van der Waals surface area contributed by atoms with Crippen molar-refractivity contribution in [2.75, 3.05) is 13.1 Å². The third-order valence-corrected chi connectivity index (χ3v) is 2.45. The molecule has 1 N–H and O–H groups in total. The maximum absolute atomic E-state index is 11.9. The molecule has 1 aliphatic rings. The second-order valence-electron chi connectivity index (χ2n) is 3.46. The number of furan rings is 1. The minimum atomic E-state index is 0.0101. The Bertz CT molecular complexity index is 327. The first kappa shape index (κ1) is 9.27. The highest BCUT2D eigenvalue weighted by Crippen LogP contribution is 2.12. The summed E-state index contributed by atoms with van der Waals surface area (Å²) in [4.78, 5) is 11.9. The zero-order chi connectivity index (χ0) is 9.97. The summed E-state index contributed by atoms with van der Waals surface area (Å²) in [7, 11) is 0. The normalized spacial score (nSPS) is 17.1. The van der Waals surface area contributed by atoms with Crippen molar-refractivity contribution in [2.45, 2.75) is 19.8 Å². The van der Waals surface area contributed by atoms with Crippen molar-refractivity contribution in [3.05, 3.63) is 23.7 Å². The molecule has 76 valence electrons. The summed E-state index contributed by atoms with van der Waals surface area (Å²) < 4.78 is 5.10. The molecule has 1 aromatic heterocycles. The largest absolute Gasteiger partial charge is 0.469 e. The van der Waals surface area contributed by atoms with Gasteiger partial charge in [0.1, 0.15) is 5.76 Å². The van der Waals surface area contributed by atoms with Crippen molar-refractivity contribution in [3.8, 4) is 0 Å². The standard InChI is InChI=1S/C10H14N2O2/c1-8-9(4-7-14-8)10(13)12-6-3-2-5-11-12/h4,7,11H,2-3,5-6H2,1H3. The molecule has 0 spiro atoms. The van der Waals surface area contributed by atoms with Gasteiger partial charge in [0.25, 0.3) is 5.91 Å². The van der Waals surface area contributed by atoms with Gasteiger partial charge in [-0.2, -0.15) is 0 Å². The van der Waals surface area contributed by atoms with Crippen LogP contribution in [0.3, 0.4) is 0 Å². The summed E-state index contributed by atoms with van der Waals surface area (Å²) in [6, 6.07) is 1.72. The molecule has 4 heteroatoms. The number of nitrogens with zero attached hydrogens (tertiary/aromatic N) is 1. The van der Waals surface area contributed by atoms with Crippen molar-refractivity contribution >= 4 is 5.91 Å². The zero-order valence-electron chi connectivity index (χ0n) is 8.25. The maximum atomic E-state index is 11.9. The lowest BCUT2D eigenvalue weighted by Crippen LogP contribution is -2.47. The minimum absolute atomic E-state index is 0.0101. The predicted molar refractivity (Wildman–Crippen MR) is 51.7 cm³/mol. The highest BCUT2D eigenvalue weighted by molar-refractivity contribution is 5.94. The van der Waals surface area contributed by atoms with E-state index in [1.807, 2.05) is 0 Å². The summed E-state index contributed by atoms with van der Waals surface area (Å²) in [5.41, 5.74) is 3.73. The topological polar surface area (TPSA) is 45.5 Å². The molecule has 2 rings (SSSR count). The maximum Gasteiger partial charge on any atom is 0.271 e. The van der Waals surface area contributed by atoms with E-state index < -0.39 is 0 Å². The lowest BCUT2D eigenvalue weighted by atomic mass is 10.2. The molecule has 4 nitrogen and oxygen atoms in total. The van der Waals surface area contributed by atoms with Crippen molar-refractivity contribution in [1.82, 2.24) is 10.4 Å². The van der Waals surface area contributed by atoms with Gasteiger partial charge in [0.15, 0.2) is 0 Å². The van der Waals surface area contributed by atoms with Gasteiger partial charge in [-0.05, 0) is 25.8 Å². The Morgan fingerprint density at radius 2 is 2.43 bits per heavy atom. The average Bonchev–Trinajstić information content (AvgIpc) is 2.65. The van der Waals surface area contributed by atoms with Crippen molar-refractivity contribution in [3.63, 3.8) is 0 Å². The second kappa shape index (κ2) is 3.84. The van der Waals surface area contributed by atoms with E-state index in [9.17, 15) is 4.79 Å². The molecule has 0 aliphatic carbocycles. The van der Waals surface area contributed by atoms with E-state index in [0.717, 1.165) is 25.9 Å². The van der Waals surface area contributed by atoms with E-state index in [1.54, 1.807) is 24.3 Å². The quantitative estimate of drug-likeness (QED) is 0.733. The minimum Gasteiger partial charge on any atom is -0.469 e. The number of nitrogens with one attached hydrogen (secondary N) is 1. The molecule has 1 aliphatic heterocycles.